The number of anilines is 2. The van der Waals surface area contributed by atoms with E-state index in [-0.39, 0.29) is 29.2 Å². The molecule has 0 radical (unpaired) electrons. The van der Waals surface area contributed by atoms with E-state index >= 15 is 0 Å². The molecule has 2 fully saturated rings. The van der Waals surface area contributed by atoms with Gasteiger partial charge in [0.1, 0.15) is 35.7 Å². The number of aliphatic hydroxyl groups is 1. The van der Waals surface area contributed by atoms with Crippen molar-refractivity contribution in [3.63, 3.8) is 0 Å². The van der Waals surface area contributed by atoms with E-state index in [1.165, 1.54) is 31.3 Å². The second kappa shape index (κ2) is 18.6. The molecule has 7 rings (SSSR count). The number of benzene rings is 3. The highest BCUT2D eigenvalue weighted by Crippen LogP contribution is 2.46. The van der Waals surface area contributed by atoms with Crippen LogP contribution in [0.5, 0.6) is 5.75 Å². The van der Waals surface area contributed by atoms with Crippen molar-refractivity contribution in [1.82, 2.24) is 25.0 Å². The Bertz CT molecular complexity index is 2390. The summed E-state index contributed by atoms with van der Waals surface area (Å²) in [6.45, 7) is 8.05. The van der Waals surface area contributed by atoms with Crippen LogP contribution in [-0.4, -0.2) is 107 Å². The van der Waals surface area contributed by atoms with E-state index in [9.17, 15) is 37.9 Å². The van der Waals surface area contributed by atoms with Gasteiger partial charge in [0, 0.05) is 53.1 Å². The minimum Gasteiger partial charge on any atom is -0.465 e. The van der Waals surface area contributed by atoms with Gasteiger partial charge in [-0.1, -0.05) is 27.7 Å². The second-order valence-corrected chi connectivity index (χ2v) is 16.8. The average molecular weight is 874 g/mol. The van der Waals surface area contributed by atoms with Gasteiger partial charge in [-0.3, -0.25) is 19.3 Å². The van der Waals surface area contributed by atoms with Crippen molar-refractivity contribution in [3.05, 3.63) is 77.9 Å². The Labute approximate surface area is 363 Å². The number of alkyl carbamates (subject to hydrolysis) is 2. The van der Waals surface area contributed by atoms with Crippen LogP contribution in [0.15, 0.2) is 60.7 Å². The minimum absolute atomic E-state index is 0.177. The summed E-state index contributed by atoms with van der Waals surface area (Å²) in [5.41, 5.74) is 2.90. The first-order valence-electron chi connectivity index (χ1n) is 21.1. The van der Waals surface area contributed by atoms with E-state index < -0.39 is 66.4 Å². The highest BCUT2D eigenvalue weighted by molar-refractivity contribution is 6.01. The molecule has 3 aliphatic rings. The molecule has 16 nitrogen and oxygen atoms in total. The summed E-state index contributed by atoms with van der Waals surface area (Å²) in [7, 11) is 2.45. The fraction of sp³-hybridized carbons (Fsp3) is 0.444. The van der Waals surface area contributed by atoms with E-state index in [0.717, 1.165) is 6.07 Å². The predicted molar refractivity (Wildman–Crippen MR) is 229 cm³/mol. The lowest BCUT2D eigenvalue weighted by Gasteiger charge is -2.36. The standard InChI is InChI=1S/C45H53F2N7O9/c1-23(2)37(50-44(59)61-5)41(57)52-15-7-9-33(52)39(55)48-29-12-14-32-25(19-29)20-35-31-13-11-30(22-36(31)63-43(54(32)35)26-17-27(46)21-28(47)18-26)49-40(56)34-10-8-16-53(34)42(58)38(24(3)4)51-45(60)62-6/h11-14,17-24,33-34,37-38,42-43,58H,7-10,15-16H2,1-6H3,(H,48,55)(H,49,56)(H,50,59)(H,51,60)/t33-,34-,37-,38-,42?,43-/m0/s1. The summed E-state index contributed by atoms with van der Waals surface area (Å²) in [5.74, 6) is -2.86. The number of methoxy groups -OCH3 is 2. The molecular formula is C45H53F2N7O9. The lowest BCUT2D eigenvalue weighted by Crippen LogP contribution is -2.57. The first-order valence-corrected chi connectivity index (χ1v) is 21.1. The Hall–Kier alpha value is -6.27. The highest BCUT2D eigenvalue weighted by atomic mass is 19.1. The topological polar surface area (TPSA) is 193 Å². The van der Waals surface area contributed by atoms with Gasteiger partial charge in [-0.2, -0.15) is 0 Å². The van der Waals surface area contributed by atoms with E-state index in [1.54, 1.807) is 59.7 Å². The molecule has 0 saturated carbocycles. The highest BCUT2D eigenvalue weighted by Gasteiger charge is 2.41. The van der Waals surface area contributed by atoms with Crippen LogP contribution in [-0.2, 0) is 23.9 Å². The maximum Gasteiger partial charge on any atom is 0.407 e. The number of aliphatic hydroxyl groups excluding tert-OH is 1. The number of rotatable bonds is 12. The van der Waals surface area contributed by atoms with E-state index in [0.29, 0.717) is 78.1 Å². The molecule has 2 saturated heterocycles. The average Bonchev–Trinajstić information content (AvgIpc) is 4.02. The number of fused-ring (bicyclic) bond motifs is 5. The van der Waals surface area contributed by atoms with Gasteiger partial charge in [-0.05, 0) is 86.1 Å². The lowest BCUT2D eigenvalue weighted by atomic mass is 10.0. The van der Waals surface area contributed by atoms with E-state index in [4.69, 9.17) is 14.2 Å². The van der Waals surface area contributed by atoms with Gasteiger partial charge >= 0.3 is 12.2 Å². The first-order chi connectivity index (χ1) is 30.1. The molecule has 18 heteroatoms. The predicted octanol–water partition coefficient (Wildman–Crippen LogP) is 5.94. The third-order valence-electron chi connectivity index (χ3n) is 12.0. The van der Waals surface area contributed by atoms with E-state index in [1.807, 2.05) is 19.9 Å². The number of hydrogen-bond donors (Lipinski definition) is 5. The summed E-state index contributed by atoms with van der Waals surface area (Å²) in [4.78, 5) is 68.4. The molecule has 4 heterocycles. The molecule has 0 spiro atoms. The number of nitrogens with one attached hydrogen (secondary N) is 4. The lowest BCUT2D eigenvalue weighted by molar-refractivity contribution is -0.139. The number of amides is 5. The number of likely N-dealkylation sites (tertiary alicyclic amines) is 2. The molecule has 4 aromatic rings. The minimum atomic E-state index is -1.17. The smallest absolute Gasteiger partial charge is 0.407 e. The molecule has 5 N–H and O–H groups in total. The maximum absolute atomic E-state index is 14.8. The van der Waals surface area contributed by atoms with Crippen molar-refractivity contribution in [2.75, 3.05) is 37.9 Å². The van der Waals surface area contributed by atoms with Gasteiger partial charge in [0.2, 0.25) is 23.9 Å². The van der Waals surface area contributed by atoms with Crippen LogP contribution in [0, 0.1) is 23.5 Å². The molecule has 1 aromatic heterocycles. The SMILES string of the molecule is COC(=O)N[C@@H](C(C)C)C(O)N1CCC[C@H]1C(=O)Nc1ccc2c(c1)O[C@@H](c1cc(F)cc(F)c1)n1c-2cc2cc(NC(=O)[C@@H]3CCCN3C(=O)[C@@H](NC(=O)OC)C(C)C)ccc21. The molecule has 0 aliphatic carbocycles. The third kappa shape index (κ3) is 9.27. The summed E-state index contributed by atoms with van der Waals surface area (Å²) >= 11 is 0. The van der Waals surface area contributed by atoms with Crippen molar-refractivity contribution in [3.8, 4) is 17.0 Å². The Morgan fingerprint density at radius 1 is 0.762 bits per heavy atom. The van der Waals surface area contributed by atoms with Gasteiger partial charge < -0.3 is 50.1 Å². The van der Waals surface area contributed by atoms with Crippen LogP contribution in [0.3, 0.4) is 0 Å². The molecule has 3 aliphatic heterocycles. The first kappa shape index (κ1) is 44.8. The molecule has 336 valence electrons. The third-order valence-corrected chi connectivity index (χ3v) is 12.0. The maximum atomic E-state index is 14.8. The van der Waals surface area contributed by atoms with Crippen molar-refractivity contribution in [1.29, 1.82) is 0 Å². The largest absolute Gasteiger partial charge is 0.465 e. The number of aromatic nitrogens is 1. The van der Waals surface area contributed by atoms with Crippen LogP contribution in [0.4, 0.5) is 29.7 Å². The number of hydrogen-bond acceptors (Lipinski definition) is 10. The number of ether oxygens (including phenoxy) is 3. The van der Waals surface area contributed by atoms with Gasteiger partial charge in [-0.15, -0.1) is 0 Å². The summed E-state index contributed by atoms with van der Waals surface area (Å²) in [6, 6.07) is 12.3. The van der Waals surface area contributed by atoms with Gasteiger partial charge in [0.05, 0.1) is 37.5 Å². The number of nitrogens with zero attached hydrogens (tertiary/aromatic N) is 3. The molecule has 6 atom stereocenters. The van der Waals surface area contributed by atoms with Crippen LogP contribution in [0.1, 0.15) is 65.2 Å². The monoisotopic (exact) mass is 873 g/mol. The van der Waals surface area contributed by atoms with Gasteiger partial charge in [-0.25, -0.2) is 18.4 Å². The molecule has 63 heavy (non-hydrogen) atoms. The molecular weight excluding hydrogens is 821 g/mol. The van der Waals surface area contributed by atoms with Gasteiger partial charge in [0.25, 0.3) is 0 Å². The number of carbonyl (C=O) groups is 5. The molecule has 3 aromatic carbocycles. The fourth-order valence-electron chi connectivity index (χ4n) is 8.80. The Balaban J connectivity index is 1.16. The van der Waals surface area contributed by atoms with Crippen LogP contribution in [0.25, 0.3) is 22.2 Å². The molecule has 1 unspecified atom stereocenters. The van der Waals surface area contributed by atoms with E-state index in [2.05, 4.69) is 21.3 Å². The fourth-order valence-corrected chi connectivity index (χ4v) is 8.80. The van der Waals surface area contributed by atoms with Crippen molar-refractivity contribution in [2.24, 2.45) is 11.8 Å². The van der Waals surface area contributed by atoms with Gasteiger partial charge in [0.15, 0.2) is 0 Å². The quantitative estimate of drug-likeness (QED) is 0.114. The normalized spacial score (nSPS) is 19.7. The van der Waals surface area contributed by atoms with Crippen molar-refractivity contribution in [2.45, 2.75) is 90.0 Å². The van der Waals surface area contributed by atoms with Crippen molar-refractivity contribution < 1.29 is 52.1 Å². The Morgan fingerprint density at radius 2 is 1.38 bits per heavy atom. The Kier molecular flexibility index (Phi) is 13.2. The zero-order valence-electron chi connectivity index (χ0n) is 35.9. The summed E-state index contributed by atoms with van der Waals surface area (Å²) in [6.07, 6.45) is -1.52. The molecule has 0 bridgehead atoms. The number of halogens is 2. The van der Waals surface area contributed by atoms with Crippen LogP contribution < -0.4 is 26.0 Å². The summed E-state index contributed by atoms with van der Waals surface area (Å²) < 4.78 is 47.3. The number of carbonyl (C=O) groups excluding carboxylic acids is 5. The molecule has 5 amide bonds. The summed E-state index contributed by atoms with van der Waals surface area (Å²) in [5, 5.41) is 23.2. The second-order valence-electron chi connectivity index (χ2n) is 16.8. The van der Waals surface area contributed by atoms with Crippen LogP contribution in [0.2, 0.25) is 0 Å². The Morgan fingerprint density at radius 3 is 2.05 bits per heavy atom. The zero-order valence-corrected chi connectivity index (χ0v) is 35.9. The van der Waals surface area contributed by atoms with Crippen molar-refractivity contribution >= 4 is 52.2 Å². The zero-order chi connectivity index (χ0) is 45.3. The van der Waals surface area contributed by atoms with Crippen LogP contribution >= 0.6 is 0 Å².